The Morgan fingerprint density at radius 1 is 1.20 bits per heavy atom. The normalized spacial score (nSPS) is 10.9. The summed E-state index contributed by atoms with van der Waals surface area (Å²) in [6, 6.07) is 15.4. The number of benzene rings is 2. The van der Waals surface area contributed by atoms with Gasteiger partial charge in [-0.3, -0.25) is 4.79 Å². The molecular formula is C24H22ClN3O2. The number of ether oxygens (including phenoxy) is 1. The molecule has 0 aliphatic heterocycles. The largest absolute Gasteiger partial charge is 0.497 e. The van der Waals surface area contributed by atoms with Crippen molar-refractivity contribution >= 4 is 34.1 Å². The number of anilines is 1. The lowest BCUT2D eigenvalue weighted by Gasteiger charge is -2.12. The number of halogens is 1. The number of nitrogens with one attached hydrogen (secondary N) is 2. The SMILES string of the molecule is COc1cc(NCc2cnc3[nH]ccc3c2Cl)cc(C(=O)Cc2cccc(C)c2)c1. The van der Waals surface area contributed by atoms with E-state index < -0.39 is 0 Å². The van der Waals surface area contributed by atoms with Crippen molar-refractivity contribution in [3.63, 3.8) is 0 Å². The lowest BCUT2D eigenvalue weighted by Crippen LogP contribution is -2.07. The van der Waals surface area contributed by atoms with E-state index in [0.717, 1.165) is 33.4 Å². The Bertz CT molecular complexity index is 1220. The zero-order valence-electron chi connectivity index (χ0n) is 16.8. The fourth-order valence-corrected chi connectivity index (χ4v) is 3.69. The molecule has 4 rings (SSSR count). The standard InChI is InChI=1S/C24H22ClN3O2/c1-15-4-3-5-16(8-15)9-22(29)17-10-19(12-20(11-17)30-2)27-13-18-14-28-24-21(23(18)25)6-7-26-24/h3-8,10-12,14,27H,9,13H2,1-2H3,(H,26,28). The average molecular weight is 420 g/mol. The molecule has 2 heterocycles. The third-order valence-electron chi connectivity index (χ3n) is 4.99. The number of nitrogens with zero attached hydrogens (tertiary/aromatic N) is 1. The number of methoxy groups -OCH3 is 1. The van der Waals surface area contributed by atoms with Crippen molar-refractivity contribution in [1.29, 1.82) is 0 Å². The van der Waals surface area contributed by atoms with Gasteiger partial charge in [0.2, 0.25) is 0 Å². The maximum atomic E-state index is 12.9. The minimum Gasteiger partial charge on any atom is -0.497 e. The van der Waals surface area contributed by atoms with Crippen LogP contribution in [0.1, 0.15) is 27.0 Å². The zero-order chi connectivity index (χ0) is 21.1. The fraction of sp³-hybridized carbons (Fsp3) is 0.167. The first-order valence-corrected chi connectivity index (χ1v) is 10.0. The molecule has 0 aliphatic rings. The van der Waals surface area contributed by atoms with Crippen molar-refractivity contribution in [3.05, 3.63) is 88.2 Å². The number of pyridine rings is 1. The number of aromatic amines is 1. The number of carbonyl (C=O) groups excluding carboxylic acids is 1. The minimum absolute atomic E-state index is 0.0380. The molecule has 6 heteroatoms. The molecule has 0 saturated heterocycles. The van der Waals surface area contributed by atoms with E-state index in [1.165, 1.54) is 0 Å². The van der Waals surface area contributed by atoms with Gasteiger partial charge in [-0.2, -0.15) is 0 Å². The number of aryl methyl sites for hydroxylation is 1. The predicted octanol–water partition coefficient (Wildman–Crippen LogP) is 5.57. The molecule has 0 saturated carbocycles. The minimum atomic E-state index is 0.0380. The molecule has 2 aromatic heterocycles. The number of carbonyl (C=O) groups is 1. The topological polar surface area (TPSA) is 67.0 Å². The predicted molar refractivity (Wildman–Crippen MR) is 121 cm³/mol. The molecule has 0 bridgehead atoms. The highest BCUT2D eigenvalue weighted by molar-refractivity contribution is 6.36. The summed E-state index contributed by atoms with van der Waals surface area (Å²) in [5, 5.41) is 4.88. The van der Waals surface area contributed by atoms with Gasteiger partial charge >= 0.3 is 0 Å². The van der Waals surface area contributed by atoms with E-state index in [1.54, 1.807) is 19.4 Å². The monoisotopic (exact) mass is 419 g/mol. The number of hydrogen-bond donors (Lipinski definition) is 2. The number of H-pyrrole nitrogens is 1. The fourth-order valence-electron chi connectivity index (χ4n) is 3.43. The Morgan fingerprint density at radius 3 is 2.87 bits per heavy atom. The number of ketones is 1. The van der Waals surface area contributed by atoms with Crippen LogP contribution in [0.15, 0.2) is 60.9 Å². The number of rotatable bonds is 7. The van der Waals surface area contributed by atoms with Gasteiger partial charge in [0.15, 0.2) is 5.78 Å². The van der Waals surface area contributed by atoms with Crippen molar-refractivity contribution in [2.24, 2.45) is 0 Å². The highest BCUT2D eigenvalue weighted by Crippen LogP contribution is 2.27. The van der Waals surface area contributed by atoms with Gasteiger partial charge in [-0.05, 0) is 30.7 Å². The first kappa shape index (κ1) is 20.0. The third kappa shape index (κ3) is 4.31. The number of Topliss-reactive ketones (excluding diaryl/α,β-unsaturated/α-hetero) is 1. The Morgan fingerprint density at radius 2 is 2.07 bits per heavy atom. The molecule has 0 fully saturated rings. The summed E-state index contributed by atoms with van der Waals surface area (Å²) in [6.07, 6.45) is 3.90. The second-order valence-corrected chi connectivity index (χ2v) is 7.61. The smallest absolute Gasteiger partial charge is 0.167 e. The first-order chi connectivity index (χ1) is 14.5. The van der Waals surface area contributed by atoms with Gasteiger partial charge < -0.3 is 15.0 Å². The van der Waals surface area contributed by atoms with Crippen molar-refractivity contribution in [2.75, 3.05) is 12.4 Å². The van der Waals surface area contributed by atoms with Gasteiger partial charge in [0, 0.05) is 53.6 Å². The summed E-state index contributed by atoms with van der Waals surface area (Å²) in [4.78, 5) is 20.3. The summed E-state index contributed by atoms with van der Waals surface area (Å²) in [7, 11) is 1.59. The summed E-state index contributed by atoms with van der Waals surface area (Å²) in [5.41, 5.74) is 5.15. The highest BCUT2D eigenvalue weighted by atomic mass is 35.5. The molecule has 2 aromatic carbocycles. The maximum Gasteiger partial charge on any atom is 0.167 e. The Hall–Kier alpha value is -3.31. The van der Waals surface area contributed by atoms with E-state index in [1.807, 2.05) is 55.6 Å². The summed E-state index contributed by atoms with van der Waals surface area (Å²) in [6.45, 7) is 2.50. The van der Waals surface area contributed by atoms with Crippen molar-refractivity contribution in [2.45, 2.75) is 19.9 Å². The van der Waals surface area contributed by atoms with Gasteiger partial charge in [0.1, 0.15) is 11.4 Å². The van der Waals surface area contributed by atoms with Crippen LogP contribution in [0.5, 0.6) is 5.75 Å². The Balaban J connectivity index is 1.54. The molecule has 5 nitrogen and oxygen atoms in total. The van der Waals surface area contributed by atoms with E-state index >= 15 is 0 Å². The van der Waals surface area contributed by atoms with Crippen LogP contribution in [0.2, 0.25) is 5.02 Å². The van der Waals surface area contributed by atoms with Crippen LogP contribution >= 0.6 is 11.6 Å². The Kier molecular flexibility index (Phi) is 5.72. The molecule has 0 amide bonds. The van der Waals surface area contributed by atoms with Gasteiger partial charge in [-0.25, -0.2) is 4.98 Å². The van der Waals surface area contributed by atoms with Crippen LogP contribution in [-0.2, 0) is 13.0 Å². The van der Waals surface area contributed by atoms with E-state index in [-0.39, 0.29) is 5.78 Å². The van der Waals surface area contributed by atoms with Gasteiger partial charge in [0.05, 0.1) is 12.1 Å². The van der Waals surface area contributed by atoms with Crippen molar-refractivity contribution < 1.29 is 9.53 Å². The van der Waals surface area contributed by atoms with E-state index in [9.17, 15) is 4.79 Å². The molecule has 4 aromatic rings. The summed E-state index contributed by atoms with van der Waals surface area (Å²) < 4.78 is 5.40. The highest BCUT2D eigenvalue weighted by Gasteiger charge is 2.12. The molecule has 2 N–H and O–H groups in total. The molecule has 0 atom stereocenters. The van der Waals surface area contributed by atoms with Crippen LogP contribution < -0.4 is 10.1 Å². The summed E-state index contributed by atoms with van der Waals surface area (Å²) in [5.74, 6) is 0.661. The second-order valence-electron chi connectivity index (χ2n) is 7.23. The van der Waals surface area contributed by atoms with Crippen LogP contribution in [0, 0.1) is 6.92 Å². The first-order valence-electron chi connectivity index (χ1n) is 9.65. The lowest BCUT2D eigenvalue weighted by molar-refractivity contribution is 0.0992. The molecular weight excluding hydrogens is 398 g/mol. The number of fused-ring (bicyclic) bond motifs is 1. The van der Waals surface area contributed by atoms with Gasteiger partial charge in [-0.1, -0.05) is 41.4 Å². The lowest BCUT2D eigenvalue weighted by atomic mass is 10.0. The molecule has 0 spiro atoms. The molecule has 0 radical (unpaired) electrons. The molecule has 152 valence electrons. The average Bonchev–Trinajstić information content (AvgIpc) is 3.23. The molecule has 30 heavy (non-hydrogen) atoms. The van der Waals surface area contributed by atoms with E-state index in [4.69, 9.17) is 16.3 Å². The summed E-state index contributed by atoms with van der Waals surface area (Å²) >= 11 is 6.51. The van der Waals surface area contributed by atoms with Gasteiger partial charge in [0.25, 0.3) is 0 Å². The quantitative estimate of drug-likeness (QED) is 0.384. The Labute approximate surface area is 180 Å². The van der Waals surface area contributed by atoms with Crippen molar-refractivity contribution in [1.82, 2.24) is 9.97 Å². The molecule has 0 unspecified atom stereocenters. The number of hydrogen-bond acceptors (Lipinski definition) is 4. The van der Waals surface area contributed by atoms with Crippen LogP contribution in [-0.4, -0.2) is 22.9 Å². The van der Waals surface area contributed by atoms with E-state index in [0.29, 0.717) is 29.3 Å². The van der Waals surface area contributed by atoms with Crippen molar-refractivity contribution in [3.8, 4) is 5.75 Å². The van der Waals surface area contributed by atoms with Crippen LogP contribution in [0.25, 0.3) is 11.0 Å². The number of aromatic nitrogens is 2. The zero-order valence-corrected chi connectivity index (χ0v) is 17.6. The third-order valence-corrected chi connectivity index (χ3v) is 5.43. The van der Waals surface area contributed by atoms with E-state index in [2.05, 4.69) is 15.3 Å². The van der Waals surface area contributed by atoms with Crippen LogP contribution in [0.3, 0.4) is 0 Å². The van der Waals surface area contributed by atoms with Crippen LogP contribution in [0.4, 0.5) is 5.69 Å². The maximum absolute atomic E-state index is 12.9. The van der Waals surface area contributed by atoms with Gasteiger partial charge in [-0.15, -0.1) is 0 Å². The second kappa shape index (κ2) is 8.59. The molecule has 0 aliphatic carbocycles.